The quantitative estimate of drug-likeness (QED) is 0.173. The van der Waals surface area contributed by atoms with Gasteiger partial charge in [0.2, 0.25) is 0 Å². The highest BCUT2D eigenvalue weighted by molar-refractivity contribution is 5.98. The van der Waals surface area contributed by atoms with E-state index in [2.05, 4.69) is 209 Å². The fourth-order valence-corrected chi connectivity index (χ4v) is 12.0. The van der Waals surface area contributed by atoms with E-state index in [0.29, 0.717) is 0 Å². The van der Waals surface area contributed by atoms with Crippen molar-refractivity contribution in [2.24, 2.45) is 0 Å². The summed E-state index contributed by atoms with van der Waals surface area (Å²) in [6.45, 7) is 9.64. The molecule has 58 heavy (non-hydrogen) atoms. The normalized spacial score (nSPS) is 17.9. The molecule has 4 aliphatic carbocycles. The highest BCUT2D eigenvalue weighted by atomic mass is 15.1. The second-order valence-electron chi connectivity index (χ2n) is 18.0. The van der Waals surface area contributed by atoms with Gasteiger partial charge in [-0.05, 0) is 121 Å². The maximum absolute atomic E-state index is 2.62. The van der Waals surface area contributed by atoms with Gasteiger partial charge in [0, 0.05) is 27.5 Å². The predicted octanol–water partition coefficient (Wildman–Crippen LogP) is 14.7. The van der Waals surface area contributed by atoms with Crippen molar-refractivity contribution in [3.8, 4) is 44.5 Å². The number of aryl methyl sites for hydroxylation is 1. The molecule has 12 rings (SSSR count). The Hall–Kier alpha value is -6.44. The van der Waals surface area contributed by atoms with Gasteiger partial charge in [0.25, 0.3) is 0 Å². The van der Waals surface area contributed by atoms with E-state index in [9.17, 15) is 0 Å². The van der Waals surface area contributed by atoms with Crippen molar-refractivity contribution < 1.29 is 0 Å². The van der Waals surface area contributed by atoms with Crippen LogP contribution in [0.5, 0.6) is 0 Å². The van der Waals surface area contributed by atoms with Gasteiger partial charge in [-0.1, -0.05) is 179 Å². The van der Waals surface area contributed by atoms with E-state index < -0.39 is 0 Å². The Morgan fingerprint density at radius 1 is 0.362 bits per heavy atom. The van der Waals surface area contributed by atoms with Crippen LogP contribution in [0.2, 0.25) is 0 Å². The molecule has 0 radical (unpaired) electrons. The molecule has 0 heterocycles. The van der Waals surface area contributed by atoms with Crippen LogP contribution in [0.3, 0.4) is 0 Å². The Kier molecular flexibility index (Phi) is 6.86. The van der Waals surface area contributed by atoms with Gasteiger partial charge in [-0.3, -0.25) is 0 Å². The van der Waals surface area contributed by atoms with Crippen LogP contribution in [0.4, 0.5) is 17.1 Å². The molecule has 8 aromatic carbocycles. The van der Waals surface area contributed by atoms with Crippen molar-refractivity contribution in [2.75, 3.05) is 4.90 Å². The zero-order chi connectivity index (χ0) is 39.0. The van der Waals surface area contributed by atoms with Gasteiger partial charge in [0.15, 0.2) is 0 Å². The summed E-state index contributed by atoms with van der Waals surface area (Å²) in [5.41, 5.74) is 25.1. The Bertz CT molecular complexity index is 3030. The summed E-state index contributed by atoms with van der Waals surface area (Å²) in [5, 5.41) is 0. The van der Waals surface area contributed by atoms with E-state index in [1.54, 1.807) is 0 Å². The van der Waals surface area contributed by atoms with Crippen molar-refractivity contribution in [1.29, 1.82) is 0 Å². The maximum Gasteiger partial charge on any atom is 0.0540 e. The van der Waals surface area contributed by atoms with Crippen molar-refractivity contribution >= 4 is 17.1 Å². The number of hydrogen-bond donors (Lipinski definition) is 0. The van der Waals surface area contributed by atoms with Crippen molar-refractivity contribution in [1.82, 2.24) is 0 Å². The van der Waals surface area contributed by atoms with E-state index in [-0.39, 0.29) is 16.2 Å². The second-order valence-corrected chi connectivity index (χ2v) is 18.0. The summed E-state index contributed by atoms with van der Waals surface area (Å²) in [6.07, 6.45) is 2.15. The molecule has 0 N–H and O–H groups in total. The van der Waals surface area contributed by atoms with Crippen LogP contribution in [0.1, 0.15) is 78.6 Å². The molecule has 0 amide bonds. The van der Waals surface area contributed by atoms with E-state index in [4.69, 9.17) is 0 Å². The van der Waals surface area contributed by atoms with E-state index >= 15 is 0 Å². The summed E-state index contributed by atoms with van der Waals surface area (Å²) < 4.78 is 0. The third-order valence-corrected chi connectivity index (χ3v) is 14.5. The molecular formula is C57H45N. The lowest BCUT2D eigenvalue weighted by Gasteiger charge is -2.35. The molecule has 0 aromatic heterocycles. The number of hydrogen-bond acceptors (Lipinski definition) is 1. The highest BCUT2D eigenvalue weighted by Gasteiger charge is 2.49. The zero-order valence-electron chi connectivity index (χ0n) is 33.6. The Morgan fingerprint density at radius 2 is 0.828 bits per heavy atom. The first kappa shape index (κ1) is 33.7. The number of para-hydroxylation sites is 1. The zero-order valence-corrected chi connectivity index (χ0v) is 33.6. The smallest absolute Gasteiger partial charge is 0.0540 e. The fourth-order valence-electron chi connectivity index (χ4n) is 12.0. The Morgan fingerprint density at radius 3 is 1.53 bits per heavy atom. The number of rotatable bonds is 4. The van der Waals surface area contributed by atoms with Gasteiger partial charge in [0.1, 0.15) is 0 Å². The minimum absolute atomic E-state index is 0.153. The molecule has 0 saturated heterocycles. The number of fused-ring (bicyclic) bond motifs is 13. The van der Waals surface area contributed by atoms with E-state index in [1.807, 2.05) is 0 Å². The minimum atomic E-state index is -0.202. The fraction of sp³-hybridized carbons (Fsp3) is 0.158. The van der Waals surface area contributed by atoms with E-state index in [1.165, 1.54) is 106 Å². The average Bonchev–Trinajstić information content (AvgIpc) is 3.93. The van der Waals surface area contributed by atoms with Crippen molar-refractivity contribution in [3.05, 3.63) is 220 Å². The van der Waals surface area contributed by atoms with Crippen LogP contribution in [0, 0.1) is 0 Å². The molecule has 0 saturated carbocycles. The second kappa shape index (κ2) is 11.8. The molecule has 1 nitrogen and oxygen atoms in total. The molecule has 278 valence electrons. The summed E-state index contributed by atoms with van der Waals surface area (Å²) in [4.78, 5) is 2.62. The third kappa shape index (κ3) is 4.26. The van der Waals surface area contributed by atoms with Gasteiger partial charge >= 0.3 is 0 Å². The van der Waals surface area contributed by atoms with Gasteiger partial charge in [-0.15, -0.1) is 0 Å². The number of nitrogens with zero attached hydrogens (tertiary/aromatic N) is 1. The lowest BCUT2D eigenvalue weighted by atomic mass is 9.73. The van der Waals surface area contributed by atoms with Crippen LogP contribution in [-0.4, -0.2) is 0 Å². The summed E-state index contributed by atoms with van der Waals surface area (Å²) in [6, 6.07) is 66.9. The van der Waals surface area contributed by atoms with Crippen LogP contribution in [0.25, 0.3) is 44.5 Å². The molecule has 1 unspecified atom stereocenters. The number of anilines is 3. The summed E-state index contributed by atoms with van der Waals surface area (Å²) in [7, 11) is 0. The molecule has 8 aromatic rings. The SMILES string of the molecule is CC1(C)c2ccccc2-c2cccc(-c3ccccc3N(c3ccc4c(c3)C3(CCc5ccccc53)c3ccccc3-4)c3cccc4c3C(C)(C)c3ccccc3-4)c21. The topological polar surface area (TPSA) is 3.24 Å². The first-order valence-corrected chi connectivity index (χ1v) is 21.0. The molecule has 1 atom stereocenters. The van der Waals surface area contributed by atoms with Gasteiger partial charge in [0.05, 0.1) is 11.4 Å². The lowest BCUT2D eigenvalue weighted by molar-refractivity contribution is 0.626. The minimum Gasteiger partial charge on any atom is -0.310 e. The third-order valence-electron chi connectivity index (χ3n) is 14.5. The van der Waals surface area contributed by atoms with Crippen molar-refractivity contribution in [2.45, 2.75) is 56.8 Å². The van der Waals surface area contributed by atoms with Gasteiger partial charge in [-0.25, -0.2) is 0 Å². The average molecular weight is 744 g/mol. The highest BCUT2D eigenvalue weighted by Crippen LogP contribution is 2.61. The molecule has 0 aliphatic heterocycles. The van der Waals surface area contributed by atoms with Crippen LogP contribution < -0.4 is 4.90 Å². The van der Waals surface area contributed by atoms with Gasteiger partial charge in [-0.2, -0.15) is 0 Å². The van der Waals surface area contributed by atoms with Crippen LogP contribution in [0.15, 0.2) is 176 Å². The predicted molar refractivity (Wildman–Crippen MR) is 242 cm³/mol. The molecular weight excluding hydrogens is 699 g/mol. The Labute approximate surface area is 342 Å². The maximum atomic E-state index is 2.62. The number of benzene rings is 8. The summed E-state index contributed by atoms with van der Waals surface area (Å²) >= 11 is 0. The molecule has 1 heteroatoms. The first-order valence-electron chi connectivity index (χ1n) is 21.0. The largest absolute Gasteiger partial charge is 0.310 e. The van der Waals surface area contributed by atoms with Gasteiger partial charge < -0.3 is 4.90 Å². The van der Waals surface area contributed by atoms with Crippen LogP contribution >= 0.6 is 0 Å². The molecule has 1 spiro atoms. The molecule has 0 fully saturated rings. The monoisotopic (exact) mass is 743 g/mol. The Balaban J connectivity index is 1.15. The summed E-state index contributed by atoms with van der Waals surface area (Å²) in [5.74, 6) is 0. The van der Waals surface area contributed by atoms with E-state index in [0.717, 1.165) is 12.8 Å². The molecule has 0 bridgehead atoms. The standard InChI is InChI=1S/C57H45N/c1-55(2)47-26-11-6-19-39(47)43-22-15-23-45(53(43)55)42-21-9-14-29-51(42)58(52-30-16-24-44-40-20-7-12-27-48(40)56(3,4)54(44)52)37-31-32-41-38-18-8-13-28-49(38)57(50(41)35-37)34-33-36-17-5-10-25-46(36)57/h5-32,35H,33-34H2,1-4H3. The van der Waals surface area contributed by atoms with Crippen molar-refractivity contribution in [3.63, 3.8) is 0 Å². The lowest BCUT2D eigenvalue weighted by Crippen LogP contribution is -2.24. The first-order chi connectivity index (χ1) is 28.3. The van der Waals surface area contributed by atoms with Crippen LogP contribution in [-0.2, 0) is 22.7 Å². The molecule has 4 aliphatic rings.